The van der Waals surface area contributed by atoms with Gasteiger partial charge in [0, 0.05) is 37.4 Å². The van der Waals surface area contributed by atoms with Gasteiger partial charge in [0.25, 0.3) is 5.91 Å². The Hall–Kier alpha value is -1.88. The number of benzene rings is 1. The number of amides is 2. The Labute approximate surface area is 144 Å². The molecule has 0 radical (unpaired) electrons. The lowest BCUT2D eigenvalue weighted by Gasteiger charge is -2.31. The number of nitrogens with zero attached hydrogens (tertiary/aromatic N) is 1. The molecule has 0 spiro atoms. The molecule has 1 aliphatic heterocycles. The van der Waals surface area contributed by atoms with Gasteiger partial charge in [0.2, 0.25) is 5.91 Å². The fourth-order valence-corrected chi connectivity index (χ4v) is 3.01. The van der Waals surface area contributed by atoms with E-state index in [2.05, 4.69) is 5.32 Å². The number of likely N-dealkylation sites (tertiary alicyclic amines) is 1. The fraction of sp³-hybridized carbons (Fsp3) is 0.579. The van der Waals surface area contributed by atoms with Gasteiger partial charge in [0.1, 0.15) is 0 Å². The number of piperidine rings is 1. The van der Waals surface area contributed by atoms with E-state index in [4.69, 9.17) is 0 Å². The Bertz CT molecular complexity index is 590. The van der Waals surface area contributed by atoms with Gasteiger partial charge in [-0.25, -0.2) is 0 Å². The van der Waals surface area contributed by atoms with Gasteiger partial charge in [-0.15, -0.1) is 0 Å². The average molecular weight is 332 g/mol. The quantitative estimate of drug-likeness (QED) is 0.871. The first kappa shape index (κ1) is 18.5. The molecule has 1 fully saturated rings. The molecule has 0 aromatic heterocycles. The number of aliphatic hydroxyl groups excluding tert-OH is 1. The minimum atomic E-state index is -0.00162. The van der Waals surface area contributed by atoms with Crippen LogP contribution < -0.4 is 5.32 Å². The molecule has 1 heterocycles. The minimum Gasteiger partial charge on any atom is -0.396 e. The summed E-state index contributed by atoms with van der Waals surface area (Å²) in [7, 11) is 0. The first-order chi connectivity index (χ1) is 11.4. The van der Waals surface area contributed by atoms with Crippen LogP contribution in [0.25, 0.3) is 0 Å². The van der Waals surface area contributed by atoms with Crippen molar-refractivity contribution < 1.29 is 14.7 Å². The normalized spacial score (nSPS) is 15.6. The summed E-state index contributed by atoms with van der Waals surface area (Å²) in [5.41, 5.74) is 2.30. The van der Waals surface area contributed by atoms with Crippen molar-refractivity contribution in [1.82, 2.24) is 4.90 Å². The average Bonchev–Trinajstić information content (AvgIpc) is 2.55. The van der Waals surface area contributed by atoms with Gasteiger partial charge < -0.3 is 15.3 Å². The molecule has 1 aromatic rings. The summed E-state index contributed by atoms with van der Waals surface area (Å²) in [6, 6.07) is 5.42. The molecule has 2 N–H and O–H groups in total. The topological polar surface area (TPSA) is 69.6 Å². The molecule has 0 bridgehead atoms. The first-order valence-electron chi connectivity index (χ1n) is 8.71. The fourth-order valence-electron chi connectivity index (χ4n) is 3.01. The van der Waals surface area contributed by atoms with E-state index in [-0.39, 0.29) is 18.4 Å². The van der Waals surface area contributed by atoms with Gasteiger partial charge in [-0.3, -0.25) is 9.59 Å². The molecule has 0 saturated carbocycles. The number of carbonyl (C=O) groups excluding carboxylic acids is 2. The van der Waals surface area contributed by atoms with E-state index in [1.165, 1.54) is 0 Å². The van der Waals surface area contributed by atoms with Crippen LogP contribution in [0.15, 0.2) is 18.2 Å². The lowest BCUT2D eigenvalue weighted by molar-refractivity contribution is -0.116. The highest BCUT2D eigenvalue weighted by Gasteiger charge is 2.23. The van der Waals surface area contributed by atoms with Gasteiger partial charge in [0.05, 0.1) is 0 Å². The molecule has 0 atom stereocenters. The number of carbonyl (C=O) groups is 2. The van der Waals surface area contributed by atoms with E-state index in [0.717, 1.165) is 24.1 Å². The van der Waals surface area contributed by atoms with Gasteiger partial charge in [-0.05, 0) is 55.4 Å². The van der Waals surface area contributed by atoms with Crippen LogP contribution in [-0.2, 0) is 4.79 Å². The Morgan fingerprint density at radius 3 is 2.50 bits per heavy atom. The van der Waals surface area contributed by atoms with Gasteiger partial charge >= 0.3 is 0 Å². The lowest BCUT2D eigenvalue weighted by atomic mass is 9.97. The molecular weight excluding hydrogens is 304 g/mol. The second-order valence-corrected chi connectivity index (χ2v) is 7.09. The predicted octanol–water partition coefficient (Wildman–Crippen LogP) is 2.82. The maximum Gasteiger partial charge on any atom is 0.253 e. The molecule has 1 saturated heterocycles. The molecule has 5 nitrogen and oxygen atoms in total. The summed E-state index contributed by atoms with van der Waals surface area (Å²) in [6.45, 7) is 7.50. The molecular formula is C19H28N2O3. The summed E-state index contributed by atoms with van der Waals surface area (Å²) in [5.74, 6) is 0.648. The molecule has 24 heavy (non-hydrogen) atoms. The summed E-state index contributed by atoms with van der Waals surface area (Å²) in [5, 5.41) is 12.1. The zero-order valence-corrected chi connectivity index (χ0v) is 14.8. The highest BCUT2D eigenvalue weighted by molar-refractivity contribution is 5.96. The third kappa shape index (κ3) is 4.81. The van der Waals surface area contributed by atoms with E-state index in [9.17, 15) is 14.7 Å². The number of hydrogen-bond donors (Lipinski definition) is 2. The molecule has 5 heteroatoms. The summed E-state index contributed by atoms with van der Waals surface area (Å²) in [4.78, 5) is 26.3. The monoisotopic (exact) mass is 332 g/mol. The van der Waals surface area contributed by atoms with Crippen LogP contribution in [0.2, 0.25) is 0 Å². The van der Waals surface area contributed by atoms with E-state index < -0.39 is 0 Å². The molecule has 132 valence electrons. The Balaban J connectivity index is 2.01. The van der Waals surface area contributed by atoms with Crippen LogP contribution in [0.1, 0.15) is 49.0 Å². The molecule has 2 rings (SSSR count). The van der Waals surface area contributed by atoms with Crippen LogP contribution in [0.5, 0.6) is 0 Å². The number of nitrogens with one attached hydrogen (secondary N) is 1. The molecule has 0 aliphatic carbocycles. The third-order valence-electron chi connectivity index (χ3n) is 4.50. The highest BCUT2D eigenvalue weighted by Crippen LogP contribution is 2.22. The van der Waals surface area contributed by atoms with Crippen molar-refractivity contribution in [3.63, 3.8) is 0 Å². The number of anilines is 1. The van der Waals surface area contributed by atoms with Crippen molar-refractivity contribution in [2.75, 3.05) is 25.0 Å². The van der Waals surface area contributed by atoms with Crippen molar-refractivity contribution in [2.24, 2.45) is 11.8 Å². The third-order valence-corrected chi connectivity index (χ3v) is 4.50. The number of aryl methyl sites for hydroxylation is 1. The molecule has 1 aliphatic rings. The maximum atomic E-state index is 12.6. The molecule has 0 unspecified atom stereocenters. The summed E-state index contributed by atoms with van der Waals surface area (Å²) < 4.78 is 0. The molecule has 1 aromatic carbocycles. The summed E-state index contributed by atoms with van der Waals surface area (Å²) in [6.07, 6.45) is 2.19. The zero-order chi connectivity index (χ0) is 17.7. The van der Waals surface area contributed by atoms with E-state index >= 15 is 0 Å². The van der Waals surface area contributed by atoms with Crippen LogP contribution in [-0.4, -0.2) is 41.5 Å². The number of aliphatic hydroxyl groups is 1. The lowest BCUT2D eigenvalue weighted by Crippen LogP contribution is -2.39. The Morgan fingerprint density at radius 2 is 1.96 bits per heavy atom. The van der Waals surface area contributed by atoms with Crippen molar-refractivity contribution in [2.45, 2.75) is 40.0 Å². The zero-order valence-electron chi connectivity index (χ0n) is 14.8. The second kappa shape index (κ2) is 8.29. The minimum absolute atomic E-state index is 0.00162. The van der Waals surface area contributed by atoms with Gasteiger partial charge in [-0.1, -0.05) is 13.8 Å². The van der Waals surface area contributed by atoms with Gasteiger partial charge in [0.15, 0.2) is 0 Å². The first-order valence-corrected chi connectivity index (χ1v) is 8.71. The summed E-state index contributed by atoms with van der Waals surface area (Å²) >= 11 is 0. The van der Waals surface area contributed by atoms with E-state index in [1.54, 1.807) is 12.1 Å². The predicted molar refractivity (Wildman–Crippen MR) is 95.0 cm³/mol. The van der Waals surface area contributed by atoms with Crippen LogP contribution in [0, 0.1) is 18.8 Å². The van der Waals surface area contributed by atoms with Crippen molar-refractivity contribution in [3.8, 4) is 0 Å². The SMILES string of the molecule is Cc1cc(C(=O)N2CCC(CO)CC2)ccc1NC(=O)CC(C)C. The Kier molecular flexibility index (Phi) is 6.37. The highest BCUT2D eigenvalue weighted by atomic mass is 16.3. The van der Waals surface area contributed by atoms with Crippen LogP contribution in [0.4, 0.5) is 5.69 Å². The maximum absolute atomic E-state index is 12.6. The number of hydrogen-bond acceptors (Lipinski definition) is 3. The van der Waals surface area contributed by atoms with Gasteiger partial charge in [-0.2, -0.15) is 0 Å². The van der Waals surface area contributed by atoms with Crippen LogP contribution in [0.3, 0.4) is 0 Å². The van der Waals surface area contributed by atoms with E-state index in [1.807, 2.05) is 31.7 Å². The smallest absolute Gasteiger partial charge is 0.253 e. The molecule has 2 amide bonds. The van der Waals surface area contributed by atoms with Crippen molar-refractivity contribution in [3.05, 3.63) is 29.3 Å². The van der Waals surface area contributed by atoms with Crippen LogP contribution >= 0.6 is 0 Å². The Morgan fingerprint density at radius 1 is 1.29 bits per heavy atom. The second-order valence-electron chi connectivity index (χ2n) is 7.09. The van der Waals surface area contributed by atoms with E-state index in [0.29, 0.717) is 36.9 Å². The van der Waals surface area contributed by atoms with Crippen molar-refractivity contribution >= 4 is 17.5 Å². The van der Waals surface area contributed by atoms with Crippen molar-refractivity contribution in [1.29, 1.82) is 0 Å². The number of rotatable bonds is 5. The largest absolute Gasteiger partial charge is 0.396 e. The standard InChI is InChI=1S/C19H28N2O3/c1-13(2)10-18(23)20-17-5-4-16(11-14(17)3)19(24)21-8-6-15(12-22)7-9-21/h4-5,11,13,15,22H,6-10,12H2,1-3H3,(H,20,23).